The fourth-order valence-corrected chi connectivity index (χ4v) is 2.85. The first-order valence-electron chi connectivity index (χ1n) is 7.62. The lowest BCUT2D eigenvalue weighted by Gasteiger charge is -2.06. The van der Waals surface area contributed by atoms with E-state index in [1.807, 2.05) is 0 Å². The zero-order valence-electron chi connectivity index (χ0n) is 14.3. The molecule has 1 aliphatic heterocycles. The van der Waals surface area contributed by atoms with E-state index in [4.69, 9.17) is 14.2 Å². The largest absolute Gasteiger partial charge is 0.496 e. The van der Waals surface area contributed by atoms with Crippen molar-refractivity contribution < 1.29 is 23.9 Å². The Morgan fingerprint density at radius 2 is 1.85 bits per heavy atom. The van der Waals surface area contributed by atoms with Crippen LogP contribution in [-0.2, 0) is 9.53 Å². The highest BCUT2D eigenvalue weighted by molar-refractivity contribution is 9.10. The van der Waals surface area contributed by atoms with E-state index in [2.05, 4.69) is 20.9 Å². The van der Waals surface area contributed by atoms with E-state index in [-0.39, 0.29) is 22.8 Å². The van der Waals surface area contributed by atoms with Crippen molar-refractivity contribution in [3.05, 3.63) is 67.8 Å². The van der Waals surface area contributed by atoms with Crippen LogP contribution in [0.1, 0.15) is 11.1 Å². The van der Waals surface area contributed by atoms with E-state index in [1.54, 1.807) is 18.2 Å². The number of rotatable bonds is 5. The first-order chi connectivity index (χ1) is 12.9. The summed E-state index contributed by atoms with van der Waals surface area (Å²) in [5.41, 5.74) is 0.699. The molecule has 0 spiro atoms. The molecular formula is C18H13BrN2O6. The summed E-state index contributed by atoms with van der Waals surface area (Å²) in [7, 11) is 2.92. The summed E-state index contributed by atoms with van der Waals surface area (Å²) < 4.78 is 16.5. The number of hydrogen-bond donors (Lipinski definition) is 0. The lowest BCUT2D eigenvalue weighted by Crippen LogP contribution is -2.07. The number of nitro groups is 1. The standard InChI is InChI=1S/C18H13BrN2O6/c1-25-15-5-3-11(19)7-10(15)8-14-18(22)27-17(20-14)13-9-12(21(23)24)4-6-16(13)26-2/h3-9H,1-2H3. The van der Waals surface area contributed by atoms with Gasteiger partial charge in [0.2, 0.25) is 5.90 Å². The first kappa shape index (κ1) is 18.6. The number of esters is 1. The maximum Gasteiger partial charge on any atom is 0.363 e. The summed E-state index contributed by atoms with van der Waals surface area (Å²) in [6, 6.07) is 9.27. The molecule has 0 fully saturated rings. The Hall–Kier alpha value is -3.20. The molecule has 27 heavy (non-hydrogen) atoms. The number of nitro benzene ring substituents is 1. The van der Waals surface area contributed by atoms with E-state index in [0.717, 1.165) is 4.47 Å². The van der Waals surface area contributed by atoms with Gasteiger partial charge in [-0.2, -0.15) is 0 Å². The number of carbonyl (C=O) groups is 1. The van der Waals surface area contributed by atoms with Gasteiger partial charge in [0.15, 0.2) is 5.70 Å². The van der Waals surface area contributed by atoms with Crippen LogP contribution in [0.3, 0.4) is 0 Å². The van der Waals surface area contributed by atoms with Crippen LogP contribution in [0, 0.1) is 10.1 Å². The summed E-state index contributed by atoms with van der Waals surface area (Å²) in [5, 5.41) is 11.0. The molecule has 9 heteroatoms. The molecule has 3 rings (SSSR count). The molecule has 0 atom stereocenters. The van der Waals surface area contributed by atoms with Gasteiger partial charge in [-0.15, -0.1) is 0 Å². The summed E-state index contributed by atoms with van der Waals surface area (Å²) in [4.78, 5) is 26.9. The number of halogens is 1. The van der Waals surface area contributed by atoms with Gasteiger partial charge in [-0.05, 0) is 30.3 Å². The third kappa shape index (κ3) is 3.82. The summed E-state index contributed by atoms with van der Waals surface area (Å²) in [6.45, 7) is 0. The van der Waals surface area contributed by atoms with Gasteiger partial charge in [0.25, 0.3) is 5.69 Å². The number of carbonyl (C=O) groups excluding carboxylic acids is 1. The minimum absolute atomic E-state index is 0.0370. The van der Waals surface area contributed by atoms with Crippen LogP contribution in [0.15, 0.2) is 51.6 Å². The second-order valence-electron chi connectivity index (χ2n) is 5.36. The van der Waals surface area contributed by atoms with Gasteiger partial charge in [-0.3, -0.25) is 10.1 Å². The third-order valence-electron chi connectivity index (χ3n) is 3.73. The van der Waals surface area contributed by atoms with Crippen LogP contribution in [0.2, 0.25) is 0 Å². The van der Waals surface area contributed by atoms with Gasteiger partial charge in [0.05, 0.1) is 24.7 Å². The highest BCUT2D eigenvalue weighted by Gasteiger charge is 2.28. The highest BCUT2D eigenvalue weighted by Crippen LogP contribution is 2.30. The molecule has 0 radical (unpaired) electrons. The average Bonchev–Trinajstić information content (AvgIpc) is 3.01. The van der Waals surface area contributed by atoms with Crippen molar-refractivity contribution in [3.8, 4) is 11.5 Å². The van der Waals surface area contributed by atoms with Crippen LogP contribution in [-0.4, -0.2) is 31.0 Å². The smallest absolute Gasteiger partial charge is 0.363 e. The summed E-state index contributed by atoms with van der Waals surface area (Å²) in [5.74, 6) is 0.102. The topological polar surface area (TPSA) is 100 Å². The highest BCUT2D eigenvalue weighted by atomic mass is 79.9. The predicted octanol–water partition coefficient (Wildman–Crippen LogP) is 3.72. The summed E-state index contributed by atoms with van der Waals surface area (Å²) >= 11 is 3.36. The van der Waals surface area contributed by atoms with Gasteiger partial charge in [0, 0.05) is 22.2 Å². The van der Waals surface area contributed by atoms with Crippen molar-refractivity contribution in [1.82, 2.24) is 0 Å². The Balaban J connectivity index is 2.06. The molecule has 0 amide bonds. The van der Waals surface area contributed by atoms with Crippen LogP contribution in [0.5, 0.6) is 11.5 Å². The number of benzene rings is 2. The Morgan fingerprint density at radius 3 is 2.52 bits per heavy atom. The average molecular weight is 433 g/mol. The quantitative estimate of drug-likeness (QED) is 0.309. The monoisotopic (exact) mass is 432 g/mol. The molecular weight excluding hydrogens is 420 g/mol. The maximum atomic E-state index is 12.2. The molecule has 2 aromatic rings. The van der Waals surface area contributed by atoms with Gasteiger partial charge in [-0.1, -0.05) is 15.9 Å². The van der Waals surface area contributed by atoms with Crippen molar-refractivity contribution in [1.29, 1.82) is 0 Å². The number of non-ortho nitro benzene ring substituents is 1. The second-order valence-corrected chi connectivity index (χ2v) is 6.28. The Morgan fingerprint density at radius 1 is 1.15 bits per heavy atom. The Kier molecular flexibility index (Phi) is 5.22. The fourth-order valence-electron chi connectivity index (χ4n) is 2.47. The number of cyclic esters (lactones) is 1. The minimum atomic E-state index is -0.680. The second kappa shape index (κ2) is 7.58. The molecule has 2 aromatic carbocycles. The molecule has 0 unspecified atom stereocenters. The zero-order chi connectivity index (χ0) is 19.6. The van der Waals surface area contributed by atoms with Gasteiger partial charge >= 0.3 is 5.97 Å². The molecule has 0 saturated carbocycles. The van der Waals surface area contributed by atoms with E-state index in [0.29, 0.717) is 17.1 Å². The minimum Gasteiger partial charge on any atom is -0.496 e. The van der Waals surface area contributed by atoms with Gasteiger partial charge < -0.3 is 14.2 Å². The van der Waals surface area contributed by atoms with Crippen LogP contribution in [0.4, 0.5) is 5.69 Å². The number of methoxy groups -OCH3 is 2. The van der Waals surface area contributed by atoms with Crippen LogP contribution < -0.4 is 9.47 Å². The molecule has 1 aliphatic rings. The van der Waals surface area contributed by atoms with E-state index in [1.165, 1.54) is 38.5 Å². The molecule has 0 aliphatic carbocycles. The lowest BCUT2D eigenvalue weighted by molar-refractivity contribution is -0.384. The molecule has 0 aromatic heterocycles. The van der Waals surface area contributed by atoms with Gasteiger partial charge in [0.1, 0.15) is 11.5 Å². The van der Waals surface area contributed by atoms with E-state index >= 15 is 0 Å². The molecule has 0 N–H and O–H groups in total. The van der Waals surface area contributed by atoms with E-state index < -0.39 is 10.9 Å². The zero-order valence-corrected chi connectivity index (χ0v) is 15.8. The molecule has 8 nitrogen and oxygen atoms in total. The molecule has 0 bridgehead atoms. The number of nitrogens with zero attached hydrogens (tertiary/aromatic N) is 2. The van der Waals surface area contributed by atoms with Crippen molar-refractivity contribution in [2.45, 2.75) is 0 Å². The Bertz CT molecular complexity index is 999. The molecule has 1 heterocycles. The fraction of sp³-hybridized carbons (Fsp3) is 0.111. The SMILES string of the molecule is COc1ccc(Br)cc1C=C1N=C(c2cc([N+](=O)[O-])ccc2OC)OC1=O. The number of ether oxygens (including phenoxy) is 3. The normalized spacial score (nSPS) is 14.7. The van der Waals surface area contributed by atoms with Crippen molar-refractivity contribution in [2.24, 2.45) is 4.99 Å². The van der Waals surface area contributed by atoms with Crippen LogP contribution in [0.25, 0.3) is 6.08 Å². The van der Waals surface area contributed by atoms with Crippen LogP contribution >= 0.6 is 15.9 Å². The number of hydrogen-bond acceptors (Lipinski definition) is 7. The first-order valence-corrected chi connectivity index (χ1v) is 8.41. The van der Waals surface area contributed by atoms with Crippen molar-refractivity contribution >= 4 is 39.6 Å². The van der Waals surface area contributed by atoms with E-state index in [9.17, 15) is 14.9 Å². The van der Waals surface area contributed by atoms with Gasteiger partial charge in [-0.25, -0.2) is 9.79 Å². The van der Waals surface area contributed by atoms with Crippen molar-refractivity contribution in [2.75, 3.05) is 14.2 Å². The summed E-state index contributed by atoms with van der Waals surface area (Å²) in [6.07, 6.45) is 1.52. The third-order valence-corrected chi connectivity index (χ3v) is 4.22. The molecule has 138 valence electrons. The van der Waals surface area contributed by atoms with Crippen molar-refractivity contribution in [3.63, 3.8) is 0 Å². The predicted molar refractivity (Wildman–Crippen MR) is 101 cm³/mol. The molecule has 0 saturated heterocycles. The lowest BCUT2D eigenvalue weighted by atomic mass is 10.1. The Labute approximate surface area is 162 Å². The number of aliphatic imine (C=N–C) groups is 1. The maximum absolute atomic E-state index is 12.2.